The van der Waals surface area contributed by atoms with E-state index in [1.165, 1.54) is 9.13 Å². The van der Waals surface area contributed by atoms with Crippen molar-refractivity contribution in [3.63, 3.8) is 0 Å². The molecule has 0 fully saturated rings. The van der Waals surface area contributed by atoms with E-state index in [0.29, 0.717) is 55.1 Å². The third-order valence-corrected chi connectivity index (χ3v) is 6.98. The van der Waals surface area contributed by atoms with E-state index in [9.17, 15) is 28.8 Å². The van der Waals surface area contributed by atoms with Gasteiger partial charge in [-0.15, -0.1) is 0 Å². The molecular weight excluding hydrogens is 638 g/mol. The molecular formula is C32H47N9O8. The van der Waals surface area contributed by atoms with Crippen molar-refractivity contribution in [1.82, 2.24) is 40.4 Å². The van der Waals surface area contributed by atoms with E-state index in [1.807, 2.05) is 13.8 Å². The molecule has 17 nitrogen and oxygen atoms in total. The number of aromatic amines is 1. The van der Waals surface area contributed by atoms with Gasteiger partial charge in [0.25, 0.3) is 11.5 Å². The SMILES string of the molecule is CCCn1c(=O)c2[nH]c(-c3ccc(OCC(=O)NCCNC(=O)[C@H](CCCNC(N)=O)NC(=O)OC(C)(C)C)cc3)nc2n(CCC)c1=O. The summed E-state index contributed by atoms with van der Waals surface area (Å²) in [4.78, 5) is 81.9. The fraction of sp³-hybridized carbons (Fsp3) is 0.531. The number of hydrogen-bond donors (Lipinski definition) is 6. The van der Waals surface area contributed by atoms with E-state index < -0.39 is 41.1 Å². The lowest BCUT2D eigenvalue weighted by Gasteiger charge is -2.23. The number of nitrogens with one attached hydrogen (secondary N) is 5. The normalized spacial score (nSPS) is 11.9. The smallest absolute Gasteiger partial charge is 0.408 e. The van der Waals surface area contributed by atoms with Crippen molar-refractivity contribution in [1.29, 1.82) is 0 Å². The van der Waals surface area contributed by atoms with Crippen LogP contribution < -0.4 is 43.0 Å². The molecule has 17 heteroatoms. The topological polar surface area (TPSA) is 234 Å². The zero-order valence-electron chi connectivity index (χ0n) is 28.6. The standard InChI is InChI=1S/C32H47N9O8/c1-6-17-40-26-24(28(44)41(18-7-2)31(40)47)38-25(39-26)20-10-12-21(13-11-20)48-19-23(42)34-15-16-35-27(43)22(9-8-14-36-29(33)45)37-30(46)49-32(3,4)5/h10-13,22H,6-9,14-19H2,1-5H3,(H,34,42)(H,35,43)(H,37,46)(H,38,39)(H3,33,36,45)/t22-/m0/s1. The number of imidazole rings is 1. The summed E-state index contributed by atoms with van der Waals surface area (Å²) in [7, 11) is 0. The number of benzene rings is 1. The molecule has 1 atom stereocenters. The molecule has 0 aliphatic heterocycles. The number of hydrogen-bond acceptors (Lipinski definition) is 9. The molecule has 0 saturated carbocycles. The third kappa shape index (κ3) is 11.4. The van der Waals surface area contributed by atoms with Gasteiger partial charge in [0.15, 0.2) is 12.3 Å². The van der Waals surface area contributed by atoms with Gasteiger partial charge in [0.1, 0.15) is 28.7 Å². The summed E-state index contributed by atoms with van der Waals surface area (Å²) >= 11 is 0. The number of nitrogens with zero attached hydrogens (tertiary/aromatic N) is 3. The fourth-order valence-electron chi connectivity index (χ4n) is 4.81. The van der Waals surface area contributed by atoms with Crippen LogP contribution in [0.2, 0.25) is 0 Å². The molecule has 0 bridgehead atoms. The predicted molar refractivity (Wildman–Crippen MR) is 182 cm³/mol. The molecule has 1 aromatic carbocycles. The number of alkyl carbamates (subject to hydrolysis) is 1. The van der Waals surface area contributed by atoms with Gasteiger partial charge in [-0.05, 0) is 70.7 Å². The predicted octanol–water partition coefficient (Wildman–Crippen LogP) is 1.33. The number of fused-ring (bicyclic) bond motifs is 1. The number of primary amides is 1. The van der Waals surface area contributed by atoms with Crippen molar-refractivity contribution in [3.05, 3.63) is 45.1 Å². The second kappa shape index (κ2) is 17.7. The van der Waals surface area contributed by atoms with Crippen molar-refractivity contribution in [2.24, 2.45) is 5.73 Å². The Kier molecular flexibility index (Phi) is 13.8. The zero-order valence-corrected chi connectivity index (χ0v) is 28.6. The van der Waals surface area contributed by atoms with Crippen LogP contribution in [0, 0.1) is 0 Å². The van der Waals surface area contributed by atoms with Crippen LogP contribution in [0.15, 0.2) is 33.9 Å². The van der Waals surface area contributed by atoms with E-state index in [2.05, 4.69) is 31.2 Å². The number of H-pyrrole nitrogens is 1. The summed E-state index contributed by atoms with van der Waals surface area (Å²) in [5.74, 6) is -0.0738. The number of nitrogens with two attached hydrogens (primary N) is 1. The summed E-state index contributed by atoms with van der Waals surface area (Å²) in [5, 5.41) is 10.3. The Morgan fingerprint density at radius 2 is 1.59 bits per heavy atom. The number of aryl methyl sites for hydroxylation is 1. The molecule has 3 aromatic rings. The number of urea groups is 1. The summed E-state index contributed by atoms with van der Waals surface area (Å²) in [6, 6.07) is 5.12. The molecule has 7 N–H and O–H groups in total. The van der Waals surface area contributed by atoms with Crippen molar-refractivity contribution in [3.8, 4) is 17.1 Å². The van der Waals surface area contributed by atoms with Gasteiger partial charge < -0.3 is 41.5 Å². The van der Waals surface area contributed by atoms with Crippen LogP contribution in [-0.2, 0) is 27.4 Å². The van der Waals surface area contributed by atoms with Gasteiger partial charge in [0, 0.05) is 38.3 Å². The average molecular weight is 686 g/mol. The lowest BCUT2D eigenvalue weighted by atomic mass is 10.1. The van der Waals surface area contributed by atoms with Crippen LogP contribution in [-0.4, -0.2) is 80.9 Å². The first-order valence-electron chi connectivity index (χ1n) is 16.3. The Morgan fingerprint density at radius 3 is 2.22 bits per heavy atom. The molecule has 2 heterocycles. The number of carbonyl (C=O) groups is 4. The molecule has 0 spiro atoms. The molecule has 0 aliphatic carbocycles. The van der Waals surface area contributed by atoms with E-state index in [0.717, 1.165) is 0 Å². The summed E-state index contributed by atoms with van der Waals surface area (Å²) < 4.78 is 13.6. The zero-order chi connectivity index (χ0) is 36.1. The van der Waals surface area contributed by atoms with Crippen molar-refractivity contribution in [2.75, 3.05) is 26.2 Å². The quantitative estimate of drug-likeness (QED) is 0.112. The average Bonchev–Trinajstić information content (AvgIpc) is 3.48. The van der Waals surface area contributed by atoms with Crippen LogP contribution in [0.4, 0.5) is 9.59 Å². The van der Waals surface area contributed by atoms with Crippen LogP contribution in [0.1, 0.15) is 60.3 Å². The first kappa shape index (κ1) is 38.1. The van der Waals surface area contributed by atoms with Gasteiger partial charge in [-0.3, -0.25) is 23.5 Å². The minimum atomic E-state index is -0.938. The van der Waals surface area contributed by atoms with Crippen molar-refractivity contribution < 1.29 is 28.7 Å². The highest BCUT2D eigenvalue weighted by atomic mass is 16.6. The Bertz CT molecular complexity index is 1720. The second-order valence-corrected chi connectivity index (χ2v) is 12.3. The fourth-order valence-corrected chi connectivity index (χ4v) is 4.81. The summed E-state index contributed by atoms with van der Waals surface area (Å²) in [6.07, 6.45) is 1.15. The lowest BCUT2D eigenvalue weighted by molar-refractivity contribution is -0.125. The van der Waals surface area contributed by atoms with Gasteiger partial charge in [0.05, 0.1) is 0 Å². The van der Waals surface area contributed by atoms with Gasteiger partial charge in [-0.2, -0.15) is 0 Å². The number of ether oxygens (including phenoxy) is 2. The molecule has 5 amide bonds. The van der Waals surface area contributed by atoms with Gasteiger partial charge in [-0.1, -0.05) is 13.8 Å². The lowest BCUT2D eigenvalue weighted by Crippen LogP contribution is -2.49. The Morgan fingerprint density at radius 1 is 0.939 bits per heavy atom. The maximum Gasteiger partial charge on any atom is 0.408 e. The first-order valence-corrected chi connectivity index (χ1v) is 16.3. The first-order chi connectivity index (χ1) is 23.2. The van der Waals surface area contributed by atoms with E-state index in [4.69, 9.17) is 15.2 Å². The van der Waals surface area contributed by atoms with Crippen LogP contribution >= 0.6 is 0 Å². The minimum absolute atomic E-state index is 0.0818. The molecule has 3 rings (SSSR count). The Hall–Kier alpha value is -5.35. The molecule has 2 aromatic heterocycles. The van der Waals surface area contributed by atoms with Crippen LogP contribution in [0.5, 0.6) is 5.75 Å². The second-order valence-electron chi connectivity index (χ2n) is 12.3. The van der Waals surface area contributed by atoms with Crippen molar-refractivity contribution >= 4 is 35.1 Å². The Labute approximate surface area is 283 Å². The molecule has 49 heavy (non-hydrogen) atoms. The monoisotopic (exact) mass is 685 g/mol. The van der Waals surface area contributed by atoms with Crippen LogP contribution in [0.25, 0.3) is 22.6 Å². The van der Waals surface area contributed by atoms with E-state index in [1.54, 1.807) is 45.0 Å². The molecule has 268 valence electrons. The Balaban J connectivity index is 1.52. The van der Waals surface area contributed by atoms with Gasteiger partial charge >= 0.3 is 17.8 Å². The van der Waals surface area contributed by atoms with Gasteiger partial charge in [0.2, 0.25) is 5.91 Å². The van der Waals surface area contributed by atoms with E-state index >= 15 is 0 Å². The highest BCUT2D eigenvalue weighted by Gasteiger charge is 2.24. The third-order valence-electron chi connectivity index (χ3n) is 6.98. The highest BCUT2D eigenvalue weighted by Crippen LogP contribution is 2.22. The summed E-state index contributed by atoms with van der Waals surface area (Å²) in [5.41, 5.74) is 4.74. The highest BCUT2D eigenvalue weighted by molar-refractivity contribution is 5.85. The molecule has 0 radical (unpaired) electrons. The van der Waals surface area contributed by atoms with Gasteiger partial charge in [-0.25, -0.2) is 19.4 Å². The largest absolute Gasteiger partial charge is 0.484 e. The minimum Gasteiger partial charge on any atom is -0.484 e. The molecule has 0 aliphatic rings. The van der Waals surface area contributed by atoms with Crippen molar-refractivity contribution in [2.45, 2.75) is 85.0 Å². The number of amides is 5. The summed E-state index contributed by atoms with van der Waals surface area (Å²) in [6.45, 7) is 9.79. The number of aromatic nitrogens is 4. The molecule has 0 unspecified atom stereocenters. The van der Waals surface area contributed by atoms with E-state index in [-0.39, 0.29) is 43.9 Å². The maximum atomic E-state index is 13.0. The number of carbonyl (C=O) groups excluding carboxylic acids is 4. The molecule has 0 saturated heterocycles. The number of rotatable bonds is 17. The maximum absolute atomic E-state index is 13.0. The van der Waals surface area contributed by atoms with Crippen LogP contribution in [0.3, 0.4) is 0 Å².